The molecule has 0 spiro atoms. The predicted molar refractivity (Wildman–Crippen MR) is 115 cm³/mol. The van der Waals surface area contributed by atoms with Crippen molar-refractivity contribution in [3.05, 3.63) is 0 Å². The van der Waals surface area contributed by atoms with E-state index in [1.807, 2.05) is 0 Å². The fourth-order valence-electron chi connectivity index (χ4n) is 4.33. The molecule has 5 nitrogen and oxygen atoms in total. The number of nitrogens with zero attached hydrogens (tertiary/aromatic N) is 3. The van der Waals surface area contributed by atoms with Gasteiger partial charge in [0, 0.05) is 45.3 Å². The maximum absolute atomic E-state index is 5.49. The van der Waals surface area contributed by atoms with Crippen LogP contribution in [0.3, 0.4) is 0 Å². The molecule has 2 aliphatic heterocycles. The Morgan fingerprint density at radius 2 is 1.80 bits per heavy atom. The fourth-order valence-corrected chi connectivity index (χ4v) is 4.33. The molecule has 2 saturated heterocycles. The molecule has 2 heterocycles. The smallest absolute Gasteiger partial charge is 0.193 e. The summed E-state index contributed by atoms with van der Waals surface area (Å²) < 4.78 is 5.49. The van der Waals surface area contributed by atoms with Gasteiger partial charge in [-0.15, -0.1) is 24.0 Å². The average molecular weight is 464 g/mol. The number of hydrogen-bond acceptors (Lipinski definition) is 3. The van der Waals surface area contributed by atoms with Crippen molar-refractivity contribution in [2.45, 2.75) is 52.0 Å². The average Bonchev–Trinajstić information content (AvgIpc) is 3.11. The maximum Gasteiger partial charge on any atom is 0.193 e. The highest BCUT2D eigenvalue weighted by molar-refractivity contribution is 14.0. The van der Waals surface area contributed by atoms with E-state index in [1.54, 1.807) is 0 Å². The number of rotatable bonds is 4. The number of likely N-dealkylation sites (tertiary alicyclic amines) is 1. The molecule has 1 atom stereocenters. The Morgan fingerprint density at radius 1 is 1.08 bits per heavy atom. The van der Waals surface area contributed by atoms with Crippen molar-refractivity contribution >= 4 is 29.9 Å². The van der Waals surface area contributed by atoms with Crippen LogP contribution in [-0.4, -0.2) is 74.3 Å². The molecule has 0 aromatic carbocycles. The van der Waals surface area contributed by atoms with Gasteiger partial charge in [0.05, 0.1) is 13.2 Å². The molecular formula is C19H37IN4O. The molecule has 1 aliphatic carbocycles. The lowest BCUT2D eigenvalue weighted by Gasteiger charge is -2.32. The first-order valence-electron chi connectivity index (χ1n) is 10.1. The summed E-state index contributed by atoms with van der Waals surface area (Å²) in [6, 6.07) is 0.674. The second-order valence-electron chi connectivity index (χ2n) is 7.86. The lowest BCUT2D eigenvalue weighted by Crippen LogP contribution is -2.46. The molecule has 146 valence electrons. The van der Waals surface area contributed by atoms with Gasteiger partial charge in [-0.1, -0.05) is 19.8 Å². The first-order valence-corrected chi connectivity index (χ1v) is 10.1. The van der Waals surface area contributed by atoms with Crippen molar-refractivity contribution in [2.75, 3.05) is 52.5 Å². The zero-order chi connectivity index (χ0) is 16.8. The van der Waals surface area contributed by atoms with Crippen LogP contribution in [0, 0.1) is 11.8 Å². The number of aliphatic imine (C=N–C) groups is 1. The fraction of sp³-hybridized carbons (Fsp3) is 0.947. The Hall–Kier alpha value is -0.0800. The summed E-state index contributed by atoms with van der Waals surface area (Å²) in [5.41, 5.74) is 0. The van der Waals surface area contributed by atoms with Crippen molar-refractivity contribution in [2.24, 2.45) is 16.8 Å². The third-order valence-electron chi connectivity index (χ3n) is 5.99. The molecular weight excluding hydrogens is 427 g/mol. The van der Waals surface area contributed by atoms with E-state index in [0.29, 0.717) is 6.04 Å². The first kappa shape index (κ1) is 21.2. The molecule has 1 unspecified atom stereocenters. The molecule has 1 N–H and O–H groups in total. The molecule has 25 heavy (non-hydrogen) atoms. The highest BCUT2D eigenvalue weighted by Crippen LogP contribution is 2.28. The number of guanidine groups is 1. The van der Waals surface area contributed by atoms with Gasteiger partial charge in [-0.05, 0) is 38.0 Å². The van der Waals surface area contributed by atoms with Crippen molar-refractivity contribution in [3.63, 3.8) is 0 Å². The van der Waals surface area contributed by atoms with Gasteiger partial charge >= 0.3 is 0 Å². The van der Waals surface area contributed by atoms with E-state index < -0.39 is 0 Å². The lowest BCUT2D eigenvalue weighted by molar-refractivity contribution is 0.0195. The van der Waals surface area contributed by atoms with E-state index in [4.69, 9.17) is 9.73 Å². The van der Waals surface area contributed by atoms with Crippen LogP contribution in [0.15, 0.2) is 4.99 Å². The highest BCUT2D eigenvalue weighted by Gasteiger charge is 2.30. The number of hydrogen-bond donors (Lipinski definition) is 1. The van der Waals surface area contributed by atoms with Crippen LogP contribution in [0.5, 0.6) is 0 Å². The topological polar surface area (TPSA) is 40.1 Å². The standard InChI is InChI=1S/C19H36N4O.HI/c1-3-20-19(21-14-17-6-4-16(2)5-7-17)23-9-8-18(15-23)22-10-12-24-13-11-22;/h16-18H,3-15H2,1-2H3,(H,20,21);1H. The van der Waals surface area contributed by atoms with Crippen LogP contribution in [0.1, 0.15) is 46.0 Å². The summed E-state index contributed by atoms with van der Waals surface area (Å²) in [4.78, 5) is 10.1. The zero-order valence-electron chi connectivity index (χ0n) is 16.1. The minimum atomic E-state index is 0. The summed E-state index contributed by atoms with van der Waals surface area (Å²) in [6.45, 7) is 12.7. The Morgan fingerprint density at radius 3 is 2.48 bits per heavy atom. The van der Waals surface area contributed by atoms with Crippen LogP contribution in [0.2, 0.25) is 0 Å². The van der Waals surface area contributed by atoms with Gasteiger partial charge in [-0.2, -0.15) is 0 Å². The van der Waals surface area contributed by atoms with Crippen LogP contribution in [-0.2, 0) is 4.74 Å². The van der Waals surface area contributed by atoms with Crippen LogP contribution < -0.4 is 5.32 Å². The predicted octanol–water partition coefficient (Wildman–Crippen LogP) is 2.80. The van der Waals surface area contributed by atoms with E-state index in [2.05, 4.69) is 29.0 Å². The second-order valence-corrected chi connectivity index (χ2v) is 7.86. The normalized spacial score (nSPS) is 31.7. The molecule has 3 aliphatic rings. The summed E-state index contributed by atoms with van der Waals surface area (Å²) in [5.74, 6) is 2.87. The second kappa shape index (κ2) is 10.9. The van der Waals surface area contributed by atoms with Gasteiger partial charge in [0.25, 0.3) is 0 Å². The Balaban J connectivity index is 0.00000225. The quantitative estimate of drug-likeness (QED) is 0.395. The molecule has 0 radical (unpaired) electrons. The van der Waals surface area contributed by atoms with E-state index >= 15 is 0 Å². The molecule has 6 heteroatoms. The van der Waals surface area contributed by atoms with Gasteiger partial charge in [0.1, 0.15) is 0 Å². The molecule has 0 amide bonds. The Bertz CT molecular complexity index is 406. The lowest BCUT2D eigenvalue weighted by atomic mass is 9.83. The Labute approximate surface area is 171 Å². The number of nitrogens with one attached hydrogen (secondary N) is 1. The van der Waals surface area contributed by atoms with E-state index in [9.17, 15) is 0 Å². The van der Waals surface area contributed by atoms with E-state index in [0.717, 1.165) is 70.3 Å². The molecule has 1 saturated carbocycles. The largest absolute Gasteiger partial charge is 0.379 e. The molecule has 0 aromatic heterocycles. The highest BCUT2D eigenvalue weighted by atomic mass is 127. The Kier molecular flexibility index (Phi) is 9.27. The van der Waals surface area contributed by atoms with Crippen LogP contribution in [0.25, 0.3) is 0 Å². The zero-order valence-corrected chi connectivity index (χ0v) is 18.4. The maximum atomic E-state index is 5.49. The van der Waals surface area contributed by atoms with Crippen LogP contribution >= 0.6 is 24.0 Å². The van der Waals surface area contributed by atoms with Crippen molar-refractivity contribution < 1.29 is 4.74 Å². The minimum absolute atomic E-state index is 0. The van der Waals surface area contributed by atoms with Gasteiger partial charge in [0.2, 0.25) is 0 Å². The van der Waals surface area contributed by atoms with Gasteiger partial charge in [-0.25, -0.2) is 0 Å². The van der Waals surface area contributed by atoms with Crippen molar-refractivity contribution in [1.82, 2.24) is 15.1 Å². The molecule has 3 rings (SSSR count). The summed E-state index contributed by atoms with van der Waals surface area (Å²) in [5, 5.41) is 3.53. The monoisotopic (exact) mass is 464 g/mol. The van der Waals surface area contributed by atoms with Gasteiger partial charge < -0.3 is 15.0 Å². The molecule has 0 aromatic rings. The number of halogens is 1. The minimum Gasteiger partial charge on any atom is -0.379 e. The van der Waals surface area contributed by atoms with Gasteiger partial charge in [0.15, 0.2) is 5.96 Å². The summed E-state index contributed by atoms with van der Waals surface area (Å²) in [7, 11) is 0. The summed E-state index contributed by atoms with van der Waals surface area (Å²) in [6.07, 6.45) is 6.76. The van der Waals surface area contributed by atoms with Gasteiger partial charge in [-0.3, -0.25) is 9.89 Å². The number of morpholine rings is 1. The molecule has 3 fully saturated rings. The van der Waals surface area contributed by atoms with Crippen LogP contribution in [0.4, 0.5) is 0 Å². The molecule has 0 bridgehead atoms. The number of ether oxygens (including phenoxy) is 1. The third-order valence-corrected chi connectivity index (χ3v) is 5.99. The van der Waals surface area contributed by atoms with E-state index in [-0.39, 0.29) is 24.0 Å². The first-order chi connectivity index (χ1) is 11.8. The summed E-state index contributed by atoms with van der Waals surface area (Å²) >= 11 is 0. The van der Waals surface area contributed by atoms with Crippen molar-refractivity contribution in [1.29, 1.82) is 0 Å². The van der Waals surface area contributed by atoms with Crippen molar-refractivity contribution in [3.8, 4) is 0 Å². The SMILES string of the molecule is CCNC(=NCC1CCC(C)CC1)N1CCC(N2CCOCC2)C1.I. The third kappa shape index (κ3) is 6.24. The van der Waals surface area contributed by atoms with E-state index in [1.165, 1.54) is 32.1 Å².